The van der Waals surface area contributed by atoms with E-state index in [1.54, 1.807) is 11.8 Å². The van der Waals surface area contributed by atoms with Gasteiger partial charge in [-0.3, -0.25) is 4.79 Å². The Hall–Kier alpha value is -1.78. The van der Waals surface area contributed by atoms with E-state index in [1.165, 1.54) is 5.56 Å². The summed E-state index contributed by atoms with van der Waals surface area (Å²) in [6, 6.07) is 16.0. The van der Waals surface area contributed by atoms with Crippen LogP contribution in [0.4, 0.5) is 0 Å². The minimum atomic E-state index is 0.0842. The average molecular weight is 341 g/mol. The van der Waals surface area contributed by atoms with Crippen LogP contribution in [0.2, 0.25) is 0 Å². The number of nitrogens with zero attached hydrogens (tertiary/aromatic N) is 1. The molecule has 1 atom stereocenters. The number of rotatable bonds is 5. The van der Waals surface area contributed by atoms with Crippen LogP contribution in [-0.4, -0.2) is 35.3 Å². The third-order valence-electron chi connectivity index (χ3n) is 4.64. The summed E-state index contributed by atoms with van der Waals surface area (Å²) in [5.74, 6) is 0.661. The van der Waals surface area contributed by atoms with E-state index < -0.39 is 0 Å². The third-order valence-corrected chi connectivity index (χ3v) is 5.44. The highest BCUT2D eigenvalue weighted by Gasteiger charge is 2.27. The number of aliphatic hydroxyl groups excluding tert-OH is 1. The van der Waals surface area contributed by atoms with Crippen molar-refractivity contribution in [3.8, 4) is 0 Å². The second kappa shape index (κ2) is 7.86. The van der Waals surface area contributed by atoms with Crippen molar-refractivity contribution in [3.63, 3.8) is 0 Å². The van der Waals surface area contributed by atoms with Gasteiger partial charge in [0.05, 0.1) is 12.2 Å². The van der Waals surface area contributed by atoms with E-state index in [-0.39, 0.29) is 12.5 Å². The molecule has 2 aromatic rings. The molecule has 0 spiro atoms. The Morgan fingerprint density at radius 2 is 1.88 bits per heavy atom. The number of likely N-dealkylation sites (tertiary alicyclic amines) is 1. The molecule has 0 bridgehead atoms. The van der Waals surface area contributed by atoms with Crippen molar-refractivity contribution < 1.29 is 9.90 Å². The highest BCUT2D eigenvalue weighted by molar-refractivity contribution is 7.98. The van der Waals surface area contributed by atoms with Crippen LogP contribution in [0.25, 0.3) is 0 Å². The third kappa shape index (κ3) is 3.82. The number of hydrogen-bond donors (Lipinski definition) is 1. The van der Waals surface area contributed by atoms with Crippen LogP contribution in [0.1, 0.15) is 27.9 Å². The number of carbonyl (C=O) groups excluding carboxylic acids is 1. The van der Waals surface area contributed by atoms with Crippen molar-refractivity contribution in [2.45, 2.75) is 24.3 Å². The smallest absolute Gasteiger partial charge is 0.254 e. The van der Waals surface area contributed by atoms with Gasteiger partial charge in [-0.15, -0.1) is 11.8 Å². The summed E-state index contributed by atoms with van der Waals surface area (Å²) in [6.45, 7) is 1.74. The molecule has 0 aliphatic carbocycles. The summed E-state index contributed by atoms with van der Waals surface area (Å²) >= 11 is 1.62. The first-order valence-corrected chi connectivity index (χ1v) is 9.54. The Kier molecular flexibility index (Phi) is 5.59. The number of carbonyl (C=O) groups is 1. The molecule has 126 valence electrons. The Bertz CT molecular complexity index is 699. The van der Waals surface area contributed by atoms with Crippen LogP contribution in [0.15, 0.2) is 53.4 Å². The molecule has 1 aliphatic heterocycles. The van der Waals surface area contributed by atoms with Gasteiger partial charge >= 0.3 is 0 Å². The van der Waals surface area contributed by atoms with Gasteiger partial charge in [0.25, 0.3) is 5.91 Å². The lowest BCUT2D eigenvalue weighted by molar-refractivity contribution is 0.0783. The highest BCUT2D eigenvalue weighted by atomic mass is 32.2. The lowest BCUT2D eigenvalue weighted by Gasteiger charge is -2.18. The van der Waals surface area contributed by atoms with Gasteiger partial charge in [-0.25, -0.2) is 0 Å². The first-order valence-electron chi connectivity index (χ1n) is 8.32. The van der Waals surface area contributed by atoms with Crippen molar-refractivity contribution in [1.29, 1.82) is 0 Å². The highest BCUT2D eigenvalue weighted by Crippen LogP contribution is 2.26. The van der Waals surface area contributed by atoms with Gasteiger partial charge < -0.3 is 10.0 Å². The molecule has 1 N–H and O–H groups in total. The maximum Gasteiger partial charge on any atom is 0.254 e. The monoisotopic (exact) mass is 341 g/mol. The molecule has 4 heteroatoms. The Morgan fingerprint density at radius 3 is 2.58 bits per heavy atom. The summed E-state index contributed by atoms with van der Waals surface area (Å²) in [4.78, 5) is 15.8. The zero-order valence-corrected chi connectivity index (χ0v) is 14.8. The van der Waals surface area contributed by atoms with Crippen LogP contribution < -0.4 is 0 Å². The quantitative estimate of drug-likeness (QED) is 0.845. The molecule has 1 fully saturated rings. The fourth-order valence-electron chi connectivity index (χ4n) is 3.29. The van der Waals surface area contributed by atoms with Crippen molar-refractivity contribution >= 4 is 17.7 Å². The molecule has 0 unspecified atom stereocenters. The Balaban J connectivity index is 1.63. The number of thioether (sulfide) groups is 1. The zero-order valence-electron chi connectivity index (χ0n) is 13.9. The minimum Gasteiger partial charge on any atom is -0.392 e. The van der Waals surface area contributed by atoms with Crippen molar-refractivity contribution in [2.75, 3.05) is 19.3 Å². The van der Waals surface area contributed by atoms with Crippen LogP contribution in [-0.2, 0) is 13.0 Å². The number of benzene rings is 2. The predicted molar refractivity (Wildman–Crippen MR) is 98.3 cm³/mol. The second-order valence-electron chi connectivity index (χ2n) is 6.28. The molecule has 0 saturated carbocycles. The van der Waals surface area contributed by atoms with Gasteiger partial charge in [0.1, 0.15) is 0 Å². The lowest BCUT2D eigenvalue weighted by atomic mass is 9.98. The topological polar surface area (TPSA) is 40.5 Å². The van der Waals surface area contributed by atoms with E-state index >= 15 is 0 Å². The molecular weight excluding hydrogens is 318 g/mol. The van der Waals surface area contributed by atoms with Crippen LogP contribution in [0.3, 0.4) is 0 Å². The van der Waals surface area contributed by atoms with E-state index in [4.69, 9.17) is 5.11 Å². The summed E-state index contributed by atoms with van der Waals surface area (Å²) < 4.78 is 0. The molecule has 1 amide bonds. The molecule has 0 aromatic heterocycles. The summed E-state index contributed by atoms with van der Waals surface area (Å²) in [7, 11) is 0. The van der Waals surface area contributed by atoms with Crippen molar-refractivity contribution in [3.05, 3.63) is 65.2 Å². The van der Waals surface area contributed by atoms with E-state index in [0.717, 1.165) is 42.0 Å². The molecular formula is C20H23NO2S. The Labute approximate surface area is 147 Å². The predicted octanol–water partition coefficient (Wildman–Crippen LogP) is 3.61. The molecule has 3 nitrogen and oxygen atoms in total. The van der Waals surface area contributed by atoms with E-state index in [2.05, 4.69) is 12.1 Å². The van der Waals surface area contributed by atoms with Crippen LogP contribution in [0.5, 0.6) is 0 Å². The summed E-state index contributed by atoms with van der Waals surface area (Å²) in [5, 5.41) is 9.11. The van der Waals surface area contributed by atoms with E-state index in [0.29, 0.717) is 5.92 Å². The molecule has 1 heterocycles. The summed E-state index contributed by atoms with van der Waals surface area (Å²) in [5.41, 5.74) is 3.03. The molecule has 1 saturated heterocycles. The van der Waals surface area contributed by atoms with Gasteiger partial charge in [0, 0.05) is 18.0 Å². The summed E-state index contributed by atoms with van der Waals surface area (Å²) in [6.07, 6.45) is 4.05. The zero-order chi connectivity index (χ0) is 16.9. The number of amides is 1. The Morgan fingerprint density at radius 1 is 1.17 bits per heavy atom. The first kappa shape index (κ1) is 17.1. The maximum absolute atomic E-state index is 12.8. The molecule has 1 aliphatic rings. The molecule has 2 aromatic carbocycles. The lowest BCUT2D eigenvalue weighted by Crippen LogP contribution is -2.29. The first-order chi connectivity index (χ1) is 11.7. The van der Waals surface area contributed by atoms with E-state index in [9.17, 15) is 4.79 Å². The van der Waals surface area contributed by atoms with Gasteiger partial charge in [0.15, 0.2) is 0 Å². The maximum atomic E-state index is 12.8. The normalized spacial score (nSPS) is 17.2. The molecule has 0 radical (unpaired) electrons. The number of aliphatic hydroxyl groups is 1. The minimum absolute atomic E-state index is 0.0842. The van der Waals surface area contributed by atoms with Crippen molar-refractivity contribution in [1.82, 2.24) is 4.90 Å². The van der Waals surface area contributed by atoms with E-state index in [1.807, 2.05) is 47.6 Å². The van der Waals surface area contributed by atoms with Gasteiger partial charge in [-0.1, -0.05) is 36.4 Å². The molecule has 24 heavy (non-hydrogen) atoms. The largest absolute Gasteiger partial charge is 0.392 e. The second-order valence-corrected chi connectivity index (χ2v) is 7.13. The standard InChI is InChI=1S/C20H23NO2S/c1-24-19-5-3-2-4-18(19)20(23)21-11-10-17(13-21)12-15-6-8-16(14-22)9-7-15/h2-9,17,22H,10-14H2,1H3/t17-/m1/s1. The van der Waals surface area contributed by atoms with Gasteiger partial charge in [-0.05, 0) is 48.3 Å². The van der Waals surface area contributed by atoms with Crippen LogP contribution in [0, 0.1) is 5.92 Å². The molecule has 3 rings (SSSR count). The SMILES string of the molecule is CSc1ccccc1C(=O)N1CC[C@H](Cc2ccc(CO)cc2)C1. The fraction of sp³-hybridized carbons (Fsp3) is 0.350. The average Bonchev–Trinajstić information content (AvgIpc) is 3.10. The van der Waals surface area contributed by atoms with Gasteiger partial charge in [0.2, 0.25) is 0 Å². The number of hydrogen-bond acceptors (Lipinski definition) is 3. The van der Waals surface area contributed by atoms with Gasteiger partial charge in [-0.2, -0.15) is 0 Å². The van der Waals surface area contributed by atoms with Crippen LogP contribution >= 0.6 is 11.8 Å². The fourth-order valence-corrected chi connectivity index (χ4v) is 3.88. The van der Waals surface area contributed by atoms with Crippen molar-refractivity contribution in [2.24, 2.45) is 5.92 Å².